The maximum Gasteiger partial charge on any atom is 0.187 e. The van der Waals surface area contributed by atoms with E-state index in [2.05, 4.69) is 20.7 Å². The topological polar surface area (TPSA) is 62.0 Å². The first-order valence-electron chi connectivity index (χ1n) is 8.09. The van der Waals surface area contributed by atoms with Gasteiger partial charge in [0.2, 0.25) is 0 Å². The molecule has 0 saturated carbocycles. The van der Waals surface area contributed by atoms with Crippen molar-refractivity contribution in [3.8, 4) is 0 Å². The number of hydrazone groups is 1. The monoisotopic (exact) mass is 346 g/mol. The number of ether oxygens (including phenoxy) is 1. The highest BCUT2D eigenvalue weighted by atomic mass is 32.1. The van der Waals surface area contributed by atoms with Gasteiger partial charge in [0.15, 0.2) is 10.9 Å². The Hall–Kier alpha value is -1.96. The van der Waals surface area contributed by atoms with Crippen LogP contribution in [0.4, 0.5) is 0 Å². The molecule has 2 heterocycles. The Morgan fingerprint density at radius 2 is 2.08 bits per heavy atom. The lowest BCUT2D eigenvalue weighted by atomic mass is 10.2. The molecule has 128 valence electrons. The van der Waals surface area contributed by atoms with Crippen LogP contribution >= 0.6 is 12.2 Å². The first-order valence-corrected chi connectivity index (χ1v) is 8.50. The molecule has 3 rings (SSSR count). The number of rotatable bonds is 5. The van der Waals surface area contributed by atoms with E-state index in [1.54, 1.807) is 0 Å². The molecule has 1 fully saturated rings. The molecular weight excluding hydrogens is 324 g/mol. The van der Waals surface area contributed by atoms with Gasteiger partial charge >= 0.3 is 0 Å². The zero-order valence-corrected chi connectivity index (χ0v) is 14.6. The van der Waals surface area contributed by atoms with Gasteiger partial charge in [0.1, 0.15) is 11.3 Å². The second kappa shape index (κ2) is 8.23. The molecule has 6 nitrogen and oxygen atoms in total. The van der Waals surface area contributed by atoms with Crippen molar-refractivity contribution < 1.29 is 9.15 Å². The molecule has 24 heavy (non-hydrogen) atoms. The molecule has 1 aromatic carbocycles. The number of morpholine rings is 1. The zero-order chi connectivity index (χ0) is 16.8. The van der Waals surface area contributed by atoms with Crippen molar-refractivity contribution in [1.82, 2.24) is 15.6 Å². The molecular formula is C17H22N4O2S. The molecule has 0 radical (unpaired) electrons. The van der Waals surface area contributed by atoms with E-state index in [9.17, 15) is 0 Å². The summed E-state index contributed by atoms with van der Waals surface area (Å²) in [5.74, 6) is 0.736. The summed E-state index contributed by atoms with van der Waals surface area (Å²) in [6.45, 7) is 7.19. The van der Waals surface area contributed by atoms with Crippen molar-refractivity contribution in [2.45, 2.75) is 6.92 Å². The second-order valence-corrected chi connectivity index (χ2v) is 6.08. The van der Waals surface area contributed by atoms with Gasteiger partial charge in [-0.1, -0.05) is 18.2 Å². The molecule has 1 aliphatic heterocycles. The molecule has 0 unspecified atom stereocenters. The molecule has 1 aromatic heterocycles. The van der Waals surface area contributed by atoms with E-state index < -0.39 is 0 Å². The van der Waals surface area contributed by atoms with Crippen molar-refractivity contribution in [3.63, 3.8) is 0 Å². The predicted octanol–water partition coefficient (Wildman–Crippen LogP) is 1.95. The number of benzene rings is 1. The molecule has 2 aromatic rings. The average Bonchev–Trinajstić information content (AvgIpc) is 3.05. The Morgan fingerprint density at radius 3 is 2.88 bits per heavy atom. The van der Waals surface area contributed by atoms with Crippen LogP contribution in [0, 0.1) is 0 Å². The van der Waals surface area contributed by atoms with Crippen LogP contribution in [0.25, 0.3) is 11.0 Å². The summed E-state index contributed by atoms with van der Waals surface area (Å²) >= 11 is 5.25. The summed E-state index contributed by atoms with van der Waals surface area (Å²) in [6, 6.07) is 9.87. The van der Waals surface area contributed by atoms with Crippen LogP contribution in [0.3, 0.4) is 0 Å². The molecule has 0 bridgehead atoms. The highest BCUT2D eigenvalue weighted by Crippen LogP contribution is 2.19. The highest BCUT2D eigenvalue weighted by Gasteiger charge is 2.09. The lowest BCUT2D eigenvalue weighted by molar-refractivity contribution is 0.0389. The van der Waals surface area contributed by atoms with Crippen molar-refractivity contribution >= 4 is 34.0 Å². The summed E-state index contributed by atoms with van der Waals surface area (Å²) in [5.41, 5.74) is 4.48. The lowest BCUT2D eigenvalue weighted by Crippen LogP contribution is -2.42. The van der Waals surface area contributed by atoms with Crippen molar-refractivity contribution in [2.75, 3.05) is 39.4 Å². The van der Waals surface area contributed by atoms with Crippen LogP contribution in [0.15, 0.2) is 39.9 Å². The third-order valence-electron chi connectivity index (χ3n) is 3.92. The van der Waals surface area contributed by atoms with Crippen LogP contribution < -0.4 is 10.7 Å². The van der Waals surface area contributed by atoms with Crippen molar-refractivity contribution in [1.29, 1.82) is 0 Å². The fourth-order valence-electron chi connectivity index (χ4n) is 2.54. The summed E-state index contributed by atoms with van der Waals surface area (Å²) in [6.07, 6.45) is 0. The van der Waals surface area contributed by atoms with Gasteiger partial charge in [-0.2, -0.15) is 5.10 Å². The van der Waals surface area contributed by atoms with E-state index in [-0.39, 0.29) is 0 Å². The minimum absolute atomic E-state index is 0.513. The van der Waals surface area contributed by atoms with Gasteiger partial charge in [-0.15, -0.1) is 0 Å². The van der Waals surface area contributed by atoms with E-state index in [0.29, 0.717) is 5.11 Å². The molecule has 0 spiro atoms. The second-order valence-electron chi connectivity index (χ2n) is 5.67. The third-order valence-corrected chi connectivity index (χ3v) is 4.16. The fourth-order valence-corrected chi connectivity index (χ4v) is 2.69. The Bertz CT molecular complexity index is 689. The maximum absolute atomic E-state index is 5.77. The van der Waals surface area contributed by atoms with Gasteiger partial charge in [-0.05, 0) is 31.3 Å². The van der Waals surface area contributed by atoms with Crippen LogP contribution in [0.2, 0.25) is 0 Å². The van der Waals surface area contributed by atoms with Gasteiger partial charge in [0, 0.05) is 31.6 Å². The molecule has 0 atom stereocenters. The van der Waals surface area contributed by atoms with E-state index in [0.717, 1.165) is 61.8 Å². The van der Waals surface area contributed by atoms with Gasteiger partial charge in [-0.25, -0.2) is 0 Å². The Morgan fingerprint density at radius 1 is 1.29 bits per heavy atom. The molecule has 7 heteroatoms. The number of fused-ring (bicyclic) bond motifs is 1. The first-order chi connectivity index (χ1) is 11.7. The smallest absolute Gasteiger partial charge is 0.187 e. The van der Waals surface area contributed by atoms with Crippen molar-refractivity contribution in [2.24, 2.45) is 5.10 Å². The zero-order valence-electron chi connectivity index (χ0n) is 13.7. The van der Waals surface area contributed by atoms with E-state index >= 15 is 0 Å². The van der Waals surface area contributed by atoms with Crippen LogP contribution in [-0.2, 0) is 4.74 Å². The Balaban J connectivity index is 1.46. The minimum atomic E-state index is 0.513. The predicted molar refractivity (Wildman–Crippen MR) is 99.4 cm³/mol. The van der Waals surface area contributed by atoms with Crippen molar-refractivity contribution in [3.05, 3.63) is 36.1 Å². The van der Waals surface area contributed by atoms with Crippen LogP contribution in [0.5, 0.6) is 0 Å². The maximum atomic E-state index is 5.77. The number of para-hydroxylation sites is 1. The number of furan rings is 1. The van der Waals surface area contributed by atoms with Gasteiger partial charge in [0.25, 0.3) is 0 Å². The quantitative estimate of drug-likeness (QED) is 0.490. The number of nitrogens with one attached hydrogen (secondary N) is 2. The standard InChI is InChI=1S/C17H22N4O2S/c1-13(16-12-14-4-2-3-5-15(14)23-16)19-20-17(24)18-6-7-21-8-10-22-11-9-21/h2-5,12H,6-11H2,1H3,(H2,18,20,24)/b19-13+. The molecule has 0 amide bonds. The SMILES string of the molecule is C/C(=N\NC(=S)NCCN1CCOCC1)c1cc2ccccc2o1. The Labute approximate surface area is 146 Å². The first kappa shape index (κ1) is 16.9. The third kappa shape index (κ3) is 4.53. The molecule has 0 aliphatic carbocycles. The number of hydrogen-bond donors (Lipinski definition) is 2. The van der Waals surface area contributed by atoms with E-state index in [1.807, 2.05) is 37.3 Å². The lowest BCUT2D eigenvalue weighted by Gasteiger charge is -2.26. The molecule has 2 N–H and O–H groups in total. The van der Waals surface area contributed by atoms with Gasteiger partial charge < -0.3 is 14.5 Å². The fraction of sp³-hybridized carbons (Fsp3) is 0.412. The summed E-state index contributed by atoms with van der Waals surface area (Å²) in [7, 11) is 0. The normalized spacial score (nSPS) is 16.3. The Kier molecular flexibility index (Phi) is 5.79. The average molecular weight is 346 g/mol. The van der Waals surface area contributed by atoms with E-state index in [1.165, 1.54) is 0 Å². The summed E-state index contributed by atoms with van der Waals surface area (Å²) in [4.78, 5) is 2.35. The molecule has 1 aliphatic rings. The summed E-state index contributed by atoms with van der Waals surface area (Å²) < 4.78 is 11.1. The van der Waals surface area contributed by atoms with Gasteiger partial charge in [-0.3, -0.25) is 10.3 Å². The number of nitrogens with zero attached hydrogens (tertiary/aromatic N) is 2. The van der Waals surface area contributed by atoms with Crippen LogP contribution in [0.1, 0.15) is 12.7 Å². The summed E-state index contributed by atoms with van der Waals surface area (Å²) in [5, 5.41) is 9.03. The minimum Gasteiger partial charge on any atom is -0.455 e. The largest absolute Gasteiger partial charge is 0.455 e. The highest BCUT2D eigenvalue weighted by molar-refractivity contribution is 7.80. The van der Waals surface area contributed by atoms with Gasteiger partial charge in [0.05, 0.1) is 13.2 Å². The number of hydrogen-bond acceptors (Lipinski definition) is 5. The molecule has 1 saturated heterocycles. The van der Waals surface area contributed by atoms with Crippen LogP contribution in [-0.4, -0.2) is 55.1 Å². The van der Waals surface area contributed by atoms with E-state index in [4.69, 9.17) is 21.4 Å². The number of thiocarbonyl (C=S) groups is 1.